The molecule has 0 aliphatic carbocycles. The van der Waals surface area contributed by atoms with Crippen molar-refractivity contribution >= 4 is 34.3 Å². The number of carbonyl (C=O) groups excluding carboxylic acids is 2. The van der Waals surface area contributed by atoms with Crippen molar-refractivity contribution in [1.82, 2.24) is 10.3 Å². The van der Waals surface area contributed by atoms with Gasteiger partial charge in [0.2, 0.25) is 5.91 Å². The summed E-state index contributed by atoms with van der Waals surface area (Å²) >= 11 is 1.11. The monoisotopic (exact) mass is 375 g/mol. The van der Waals surface area contributed by atoms with Gasteiger partial charge in [0.25, 0.3) is 5.91 Å². The maximum atomic E-state index is 12.2. The predicted octanol–water partition coefficient (Wildman–Crippen LogP) is 2.55. The molecule has 1 atom stereocenters. The molecular formula is C18H21N3O4S. The lowest BCUT2D eigenvalue weighted by molar-refractivity contribution is -0.139. The molecule has 0 fully saturated rings. The van der Waals surface area contributed by atoms with E-state index in [0.29, 0.717) is 11.6 Å². The molecule has 1 aromatic carbocycles. The van der Waals surface area contributed by atoms with Gasteiger partial charge in [0.15, 0.2) is 5.13 Å². The fourth-order valence-corrected chi connectivity index (χ4v) is 3.01. The van der Waals surface area contributed by atoms with Crippen molar-refractivity contribution in [2.45, 2.75) is 32.7 Å². The highest BCUT2D eigenvalue weighted by molar-refractivity contribution is 7.14. The Morgan fingerprint density at radius 2 is 1.88 bits per heavy atom. The first-order chi connectivity index (χ1) is 12.3. The molecule has 0 bridgehead atoms. The molecule has 2 aromatic rings. The fraction of sp³-hybridized carbons (Fsp3) is 0.333. The highest BCUT2D eigenvalue weighted by Crippen LogP contribution is 2.16. The molecule has 26 heavy (non-hydrogen) atoms. The van der Waals surface area contributed by atoms with Gasteiger partial charge in [0.1, 0.15) is 11.7 Å². The molecule has 0 aliphatic heterocycles. The molecule has 1 unspecified atom stereocenters. The molecule has 0 saturated carbocycles. The molecule has 0 saturated heterocycles. The van der Waals surface area contributed by atoms with Crippen LogP contribution in [0.2, 0.25) is 0 Å². The third-order valence-corrected chi connectivity index (χ3v) is 4.26. The molecule has 0 aliphatic rings. The minimum absolute atomic E-state index is 0.0833. The SMILES string of the molecule is CC(C)CC(NC(=O)c1csc(NC(=O)Cc2ccccc2)n1)C(=O)O. The van der Waals surface area contributed by atoms with Crippen molar-refractivity contribution in [2.24, 2.45) is 5.92 Å². The average molecular weight is 375 g/mol. The van der Waals surface area contributed by atoms with Gasteiger partial charge < -0.3 is 15.7 Å². The van der Waals surface area contributed by atoms with E-state index in [0.717, 1.165) is 16.9 Å². The number of rotatable bonds is 8. The molecule has 1 heterocycles. The second-order valence-corrected chi connectivity index (χ2v) is 7.10. The summed E-state index contributed by atoms with van der Waals surface area (Å²) < 4.78 is 0. The Morgan fingerprint density at radius 3 is 2.50 bits per heavy atom. The van der Waals surface area contributed by atoms with Gasteiger partial charge in [-0.25, -0.2) is 9.78 Å². The number of thiazole rings is 1. The van der Waals surface area contributed by atoms with Crippen LogP contribution in [-0.2, 0) is 16.0 Å². The van der Waals surface area contributed by atoms with Crippen LogP contribution in [0.1, 0.15) is 36.3 Å². The first kappa shape index (κ1) is 19.6. The largest absolute Gasteiger partial charge is 0.480 e. The number of hydrogen-bond acceptors (Lipinski definition) is 5. The van der Waals surface area contributed by atoms with Gasteiger partial charge in [-0.3, -0.25) is 9.59 Å². The smallest absolute Gasteiger partial charge is 0.326 e. The number of nitrogens with zero attached hydrogens (tertiary/aromatic N) is 1. The van der Waals surface area contributed by atoms with Gasteiger partial charge in [0.05, 0.1) is 6.42 Å². The van der Waals surface area contributed by atoms with Gasteiger partial charge in [-0.05, 0) is 17.9 Å². The standard InChI is InChI=1S/C18H21N3O4S/c1-11(2)8-13(17(24)25)19-16(23)14-10-26-18(20-14)21-15(22)9-12-6-4-3-5-7-12/h3-7,10-11,13H,8-9H2,1-2H3,(H,19,23)(H,24,25)(H,20,21,22). The Bertz CT molecular complexity index is 774. The number of carbonyl (C=O) groups is 3. The van der Waals surface area contributed by atoms with Crippen LogP contribution in [0, 0.1) is 5.92 Å². The number of nitrogens with one attached hydrogen (secondary N) is 2. The van der Waals surface area contributed by atoms with Gasteiger partial charge in [-0.2, -0.15) is 0 Å². The van der Waals surface area contributed by atoms with E-state index >= 15 is 0 Å². The molecule has 0 radical (unpaired) electrons. The summed E-state index contributed by atoms with van der Waals surface area (Å²) in [4.78, 5) is 39.5. The van der Waals surface area contributed by atoms with Crippen LogP contribution in [0.3, 0.4) is 0 Å². The number of carboxylic acid groups (broad SMARTS) is 1. The number of benzene rings is 1. The third-order valence-electron chi connectivity index (χ3n) is 3.50. The van der Waals surface area contributed by atoms with Gasteiger partial charge >= 0.3 is 5.97 Å². The van der Waals surface area contributed by atoms with E-state index in [1.54, 1.807) is 0 Å². The van der Waals surface area contributed by atoms with E-state index < -0.39 is 17.9 Å². The Balaban J connectivity index is 1.94. The van der Waals surface area contributed by atoms with E-state index in [4.69, 9.17) is 0 Å². The normalized spacial score (nSPS) is 11.8. The molecular weight excluding hydrogens is 354 g/mol. The number of anilines is 1. The van der Waals surface area contributed by atoms with Crippen LogP contribution < -0.4 is 10.6 Å². The second kappa shape index (κ2) is 9.10. The summed E-state index contributed by atoms with van der Waals surface area (Å²) in [6.07, 6.45) is 0.531. The maximum absolute atomic E-state index is 12.2. The van der Waals surface area contributed by atoms with Crippen LogP contribution in [0.15, 0.2) is 35.7 Å². The Labute approximate surface area is 155 Å². The van der Waals surface area contributed by atoms with Gasteiger partial charge in [-0.1, -0.05) is 44.2 Å². The second-order valence-electron chi connectivity index (χ2n) is 6.24. The zero-order valence-electron chi connectivity index (χ0n) is 14.6. The molecule has 3 N–H and O–H groups in total. The summed E-state index contributed by atoms with van der Waals surface area (Å²) in [7, 11) is 0. The molecule has 2 amide bonds. The molecule has 2 rings (SSSR count). The number of hydrogen-bond donors (Lipinski definition) is 3. The maximum Gasteiger partial charge on any atom is 0.326 e. The van der Waals surface area contributed by atoms with Gasteiger partial charge in [-0.15, -0.1) is 11.3 Å². The molecule has 138 valence electrons. The Kier molecular flexibility index (Phi) is 6.85. The van der Waals surface area contributed by atoms with Crippen LogP contribution in [0.4, 0.5) is 5.13 Å². The third kappa shape index (κ3) is 5.96. The van der Waals surface area contributed by atoms with E-state index in [1.807, 2.05) is 44.2 Å². The van der Waals surface area contributed by atoms with E-state index in [1.165, 1.54) is 5.38 Å². The molecule has 0 spiro atoms. The van der Waals surface area contributed by atoms with Crippen LogP contribution in [0.25, 0.3) is 0 Å². The highest BCUT2D eigenvalue weighted by Gasteiger charge is 2.23. The summed E-state index contributed by atoms with van der Waals surface area (Å²) in [6, 6.07) is 8.30. The Hall–Kier alpha value is -2.74. The van der Waals surface area contributed by atoms with Crippen molar-refractivity contribution in [3.8, 4) is 0 Å². The summed E-state index contributed by atoms with van der Waals surface area (Å²) in [6.45, 7) is 3.76. The number of aromatic nitrogens is 1. The van der Waals surface area contributed by atoms with E-state index in [2.05, 4.69) is 15.6 Å². The zero-order valence-corrected chi connectivity index (χ0v) is 15.4. The molecule has 7 nitrogen and oxygen atoms in total. The first-order valence-electron chi connectivity index (χ1n) is 8.18. The summed E-state index contributed by atoms with van der Waals surface area (Å²) in [5, 5.41) is 16.1. The highest BCUT2D eigenvalue weighted by atomic mass is 32.1. The summed E-state index contributed by atoms with van der Waals surface area (Å²) in [5.41, 5.74) is 0.956. The lowest BCUT2D eigenvalue weighted by Gasteiger charge is -2.15. The minimum Gasteiger partial charge on any atom is -0.480 e. The van der Waals surface area contributed by atoms with Crippen molar-refractivity contribution < 1.29 is 19.5 Å². The fourth-order valence-electron chi connectivity index (χ4n) is 2.31. The lowest BCUT2D eigenvalue weighted by atomic mass is 10.0. The van der Waals surface area contributed by atoms with Crippen LogP contribution in [0.5, 0.6) is 0 Å². The first-order valence-corrected chi connectivity index (χ1v) is 9.06. The number of carboxylic acids is 1. The Morgan fingerprint density at radius 1 is 1.19 bits per heavy atom. The van der Waals surface area contributed by atoms with E-state index in [9.17, 15) is 19.5 Å². The predicted molar refractivity (Wildman–Crippen MR) is 99.2 cm³/mol. The van der Waals surface area contributed by atoms with Crippen molar-refractivity contribution in [1.29, 1.82) is 0 Å². The van der Waals surface area contributed by atoms with Gasteiger partial charge in [0, 0.05) is 5.38 Å². The van der Waals surface area contributed by atoms with E-state index in [-0.39, 0.29) is 23.9 Å². The van der Waals surface area contributed by atoms with Crippen molar-refractivity contribution in [3.63, 3.8) is 0 Å². The molecule has 8 heteroatoms. The minimum atomic E-state index is -1.08. The lowest BCUT2D eigenvalue weighted by Crippen LogP contribution is -2.41. The topological polar surface area (TPSA) is 108 Å². The number of amides is 2. The zero-order chi connectivity index (χ0) is 19.1. The quantitative estimate of drug-likeness (QED) is 0.657. The van der Waals surface area contributed by atoms with Crippen molar-refractivity contribution in [3.05, 3.63) is 47.0 Å². The van der Waals surface area contributed by atoms with Crippen molar-refractivity contribution in [2.75, 3.05) is 5.32 Å². The average Bonchev–Trinajstić information content (AvgIpc) is 3.03. The number of aliphatic carboxylic acids is 1. The molecule has 1 aromatic heterocycles. The van der Waals surface area contributed by atoms with Crippen LogP contribution >= 0.6 is 11.3 Å². The van der Waals surface area contributed by atoms with Crippen LogP contribution in [-0.4, -0.2) is 33.9 Å². The summed E-state index contributed by atoms with van der Waals surface area (Å²) in [5.74, 6) is -1.77.